The molecule has 3 heterocycles. The lowest BCUT2D eigenvalue weighted by atomic mass is 10.1. The molecule has 24 heavy (non-hydrogen) atoms. The first kappa shape index (κ1) is 16.4. The minimum absolute atomic E-state index is 0.0689. The molecule has 3 rings (SSSR count). The lowest BCUT2D eigenvalue weighted by Crippen LogP contribution is -2.30. The maximum absolute atomic E-state index is 12.1. The van der Waals surface area contributed by atoms with Crippen molar-refractivity contribution in [2.45, 2.75) is 46.1 Å². The highest BCUT2D eigenvalue weighted by Gasteiger charge is 2.29. The third-order valence-electron chi connectivity index (χ3n) is 4.21. The van der Waals surface area contributed by atoms with Crippen molar-refractivity contribution in [1.82, 2.24) is 19.9 Å². The van der Waals surface area contributed by atoms with Crippen LogP contribution in [-0.2, 0) is 4.79 Å². The SMILES string of the molecule is CCC(=O)N1CCC[C@@H]1c1cccc(Nc2nc(C)cc(C)n2)n1. The van der Waals surface area contributed by atoms with Gasteiger partial charge < -0.3 is 10.2 Å². The predicted octanol–water partition coefficient (Wildman–Crippen LogP) is 3.31. The van der Waals surface area contributed by atoms with E-state index in [1.807, 2.05) is 49.9 Å². The van der Waals surface area contributed by atoms with Gasteiger partial charge in [-0.2, -0.15) is 0 Å². The van der Waals surface area contributed by atoms with E-state index in [-0.39, 0.29) is 11.9 Å². The number of hydrogen-bond donors (Lipinski definition) is 1. The molecule has 0 radical (unpaired) electrons. The van der Waals surface area contributed by atoms with E-state index in [1.165, 1.54) is 0 Å². The van der Waals surface area contributed by atoms with Crippen molar-refractivity contribution in [3.05, 3.63) is 41.3 Å². The number of hydrogen-bond acceptors (Lipinski definition) is 5. The fraction of sp³-hybridized carbons (Fsp3) is 0.444. The molecule has 0 bridgehead atoms. The number of aromatic nitrogens is 3. The summed E-state index contributed by atoms with van der Waals surface area (Å²) in [5.74, 6) is 1.44. The smallest absolute Gasteiger partial charge is 0.228 e. The van der Waals surface area contributed by atoms with E-state index in [9.17, 15) is 4.79 Å². The van der Waals surface area contributed by atoms with Gasteiger partial charge in [0.15, 0.2) is 0 Å². The number of rotatable bonds is 4. The van der Waals surface area contributed by atoms with Crippen LogP contribution >= 0.6 is 0 Å². The van der Waals surface area contributed by atoms with Gasteiger partial charge in [-0.25, -0.2) is 15.0 Å². The van der Waals surface area contributed by atoms with Gasteiger partial charge in [0.05, 0.1) is 11.7 Å². The summed E-state index contributed by atoms with van der Waals surface area (Å²) in [6.07, 6.45) is 2.52. The number of nitrogens with zero attached hydrogens (tertiary/aromatic N) is 4. The van der Waals surface area contributed by atoms with Crippen LogP contribution in [0.15, 0.2) is 24.3 Å². The van der Waals surface area contributed by atoms with E-state index in [4.69, 9.17) is 4.98 Å². The Morgan fingerprint density at radius 3 is 2.71 bits per heavy atom. The molecule has 1 saturated heterocycles. The van der Waals surface area contributed by atoms with Gasteiger partial charge in [-0.15, -0.1) is 0 Å². The zero-order valence-corrected chi connectivity index (χ0v) is 14.4. The number of anilines is 2. The second-order valence-electron chi connectivity index (χ2n) is 6.15. The van der Waals surface area contributed by atoms with Gasteiger partial charge in [-0.05, 0) is 44.9 Å². The average Bonchev–Trinajstić information content (AvgIpc) is 3.03. The van der Waals surface area contributed by atoms with Gasteiger partial charge >= 0.3 is 0 Å². The molecule has 1 amide bonds. The Bertz CT molecular complexity index is 726. The zero-order valence-electron chi connectivity index (χ0n) is 14.4. The summed E-state index contributed by atoms with van der Waals surface area (Å²) in [5.41, 5.74) is 2.75. The molecule has 0 aliphatic carbocycles. The summed E-state index contributed by atoms with van der Waals surface area (Å²) < 4.78 is 0. The summed E-state index contributed by atoms with van der Waals surface area (Å²) in [6.45, 7) is 6.60. The molecule has 2 aromatic heterocycles. The molecule has 1 aliphatic heterocycles. The Balaban J connectivity index is 1.82. The van der Waals surface area contributed by atoms with E-state index in [0.717, 1.165) is 36.5 Å². The number of pyridine rings is 1. The molecular formula is C18H23N5O. The predicted molar refractivity (Wildman–Crippen MR) is 93.0 cm³/mol. The average molecular weight is 325 g/mol. The van der Waals surface area contributed by atoms with Crippen LogP contribution in [0.3, 0.4) is 0 Å². The summed E-state index contributed by atoms with van der Waals surface area (Å²) in [5, 5.41) is 3.17. The van der Waals surface area contributed by atoms with Crippen molar-refractivity contribution in [1.29, 1.82) is 0 Å². The second kappa shape index (κ2) is 6.95. The van der Waals surface area contributed by atoms with Crippen LogP contribution in [0.2, 0.25) is 0 Å². The van der Waals surface area contributed by atoms with Crippen LogP contribution in [0, 0.1) is 13.8 Å². The third-order valence-corrected chi connectivity index (χ3v) is 4.21. The number of carbonyl (C=O) groups is 1. The minimum Gasteiger partial charge on any atom is -0.334 e. The topological polar surface area (TPSA) is 71.0 Å². The van der Waals surface area contributed by atoms with E-state index in [2.05, 4.69) is 15.3 Å². The van der Waals surface area contributed by atoms with Gasteiger partial charge in [0.25, 0.3) is 0 Å². The van der Waals surface area contributed by atoms with Gasteiger partial charge in [-0.1, -0.05) is 13.0 Å². The molecule has 1 fully saturated rings. The minimum atomic E-state index is 0.0689. The summed E-state index contributed by atoms with van der Waals surface area (Å²) in [4.78, 5) is 27.5. The van der Waals surface area contributed by atoms with Gasteiger partial charge in [0.1, 0.15) is 5.82 Å². The van der Waals surface area contributed by atoms with Crippen molar-refractivity contribution in [2.75, 3.05) is 11.9 Å². The molecule has 0 saturated carbocycles. The van der Waals surface area contributed by atoms with Crippen molar-refractivity contribution in [3.63, 3.8) is 0 Å². The highest BCUT2D eigenvalue weighted by Crippen LogP contribution is 2.32. The lowest BCUT2D eigenvalue weighted by Gasteiger charge is -2.24. The second-order valence-corrected chi connectivity index (χ2v) is 6.15. The van der Waals surface area contributed by atoms with Gasteiger partial charge in [0.2, 0.25) is 11.9 Å². The first-order valence-corrected chi connectivity index (χ1v) is 8.42. The summed E-state index contributed by atoms with van der Waals surface area (Å²) >= 11 is 0. The Labute approximate surface area is 142 Å². The number of carbonyl (C=O) groups excluding carboxylic acids is 1. The summed E-state index contributed by atoms with van der Waals surface area (Å²) in [6, 6.07) is 7.84. The summed E-state index contributed by atoms with van der Waals surface area (Å²) in [7, 11) is 0. The van der Waals surface area contributed by atoms with Crippen molar-refractivity contribution in [2.24, 2.45) is 0 Å². The van der Waals surface area contributed by atoms with Crippen molar-refractivity contribution in [3.8, 4) is 0 Å². The Morgan fingerprint density at radius 1 is 1.25 bits per heavy atom. The largest absolute Gasteiger partial charge is 0.334 e. The molecule has 6 heteroatoms. The standard InChI is InChI=1S/C18H23N5O/c1-4-17(24)23-10-6-8-15(23)14-7-5-9-16(21-14)22-18-19-12(2)11-13(3)20-18/h5,7,9,11,15H,4,6,8,10H2,1-3H3,(H,19,20,21,22)/t15-/m1/s1. The fourth-order valence-corrected chi connectivity index (χ4v) is 3.18. The molecule has 1 N–H and O–H groups in total. The molecule has 126 valence electrons. The quantitative estimate of drug-likeness (QED) is 0.934. The van der Waals surface area contributed by atoms with E-state index in [0.29, 0.717) is 18.2 Å². The maximum Gasteiger partial charge on any atom is 0.228 e. The molecular weight excluding hydrogens is 302 g/mol. The molecule has 0 unspecified atom stereocenters. The maximum atomic E-state index is 12.1. The van der Waals surface area contributed by atoms with Crippen LogP contribution in [-0.4, -0.2) is 32.3 Å². The van der Waals surface area contributed by atoms with Crippen molar-refractivity contribution < 1.29 is 4.79 Å². The van der Waals surface area contributed by atoms with E-state index in [1.54, 1.807) is 0 Å². The fourth-order valence-electron chi connectivity index (χ4n) is 3.18. The highest BCUT2D eigenvalue weighted by atomic mass is 16.2. The first-order chi connectivity index (χ1) is 11.6. The number of nitrogens with one attached hydrogen (secondary N) is 1. The first-order valence-electron chi connectivity index (χ1n) is 8.42. The normalized spacial score (nSPS) is 17.1. The lowest BCUT2D eigenvalue weighted by molar-refractivity contribution is -0.131. The molecule has 0 spiro atoms. The van der Waals surface area contributed by atoms with Gasteiger partial charge in [0, 0.05) is 24.4 Å². The molecule has 0 aromatic carbocycles. The van der Waals surface area contributed by atoms with Crippen LogP contribution in [0.4, 0.5) is 11.8 Å². The zero-order chi connectivity index (χ0) is 17.1. The number of aryl methyl sites for hydroxylation is 2. The molecule has 6 nitrogen and oxygen atoms in total. The third kappa shape index (κ3) is 3.53. The van der Waals surface area contributed by atoms with Crippen LogP contribution in [0.25, 0.3) is 0 Å². The van der Waals surface area contributed by atoms with Crippen molar-refractivity contribution >= 4 is 17.7 Å². The number of amides is 1. The van der Waals surface area contributed by atoms with Crippen LogP contribution in [0.1, 0.15) is 49.3 Å². The number of likely N-dealkylation sites (tertiary alicyclic amines) is 1. The Morgan fingerprint density at radius 2 is 2.00 bits per heavy atom. The van der Waals surface area contributed by atoms with Crippen LogP contribution < -0.4 is 5.32 Å². The highest BCUT2D eigenvalue weighted by molar-refractivity contribution is 5.76. The monoisotopic (exact) mass is 325 g/mol. The Kier molecular flexibility index (Phi) is 4.74. The Hall–Kier alpha value is -2.50. The molecule has 1 aliphatic rings. The van der Waals surface area contributed by atoms with Gasteiger partial charge in [-0.3, -0.25) is 4.79 Å². The van der Waals surface area contributed by atoms with Crippen LogP contribution in [0.5, 0.6) is 0 Å². The van der Waals surface area contributed by atoms with E-state index >= 15 is 0 Å². The molecule has 1 atom stereocenters. The molecule has 2 aromatic rings. The van der Waals surface area contributed by atoms with E-state index < -0.39 is 0 Å².